The molecule has 0 N–H and O–H groups in total. The van der Waals surface area contributed by atoms with Crippen molar-refractivity contribution in [2.75, 3.05) is 0 Å². The molecule has 0 unspecified atom stereocenters. The first kappa shape index (κ1) is 30.1. The molecule has 0 aliphatic rings. The van der Waals surface area contributed by atoms with Crippen LogP contribution in [-0.2, 0) is 0 Å². The van der Waals surface area contributed by atoms with Crippen LogP contribution in [0.5, 0.6) is 0 Å². The molecule has 0 bridgehead atoms. The molecule has 12 aromatic rings. The average molecular weight is 700 g/mol. The van der Waals surface area contributed by atoms with E-state index in [1.165, 1.54) is 87.3 Å². The van der Waals surface area contributed by atoms with E-state index >= 15 is 0 Å². The quantitative estimate of drug-likeness (QED) is 0.174. The zero-order valence-electron chi connectivity index (χ0n) is 29.9. The van der Waals surface area contributed by atoms with Crippen molar-refractivity contribution < 1.29 is 0 Å². The summed E-state index contributed by atoms with van der Waals surface area (Å²) in [4.78, 5) is 0. The summed E-state index contributed by atoms with van der Waals surface area (Å²) in [5.41, 5.74) is 13.1. The molecule has 0 saturated heterocycles. The summed E-state index contributed by atoms with van der Waals surface area (Å²) < 4.78 is 7.39. The van der Waals surface area contributed by atoms with Gasteiger partial charge in [0.2, 0.25) is 0 Å². The number of hydrogen-bond donors (Lipinski definition) is 0. The number of para-hydroxylation sites is 5. The van der Waals surface area contributed by atoms with Gasteiger partial charge < -0.3 is 13.7 Å². The summed E-state index contributed by atoms with van der Waals surface area (Å²) in [6.45, 7) is 0. The Kier molecular flexibility index (Phi) is 6.34. The lowest BCUT2D eigenvalue weighted by molar-refractivity contribution is 1.18. The lowest BCUT2D eigenvalue weighted by Gasteiger charge is -2.16. The second-order valence-corrected chi connectivity index (χ2v) is 14.5. The summed E-state index contributed by atoms with van der Waals surface area (Å²) in [6, 6.07) is 73.2. The van der Waals surface area contributed by atoms with Gasteiger partial charge in [0.25, 0.3) is 0 Å². The van der Waals surface area contributed by atoms with Crippen LogP contribution in [0.2, 0.25) is 0 Å². The molecule has 3 heterocycles. The minimum absolute atomic E-state index is 1.16. The van der Waals surface area contributed by atoms with Gasteiger partial charge in [-0.3, -0.25) is 0 Å². The SMILES string of the molecule is c1ccc(-n2c3ccccc3c3c(-c4ccccc4-n4c5ccccc5c5ccc6c(c7ccccc7n6-c6ccc7ccccc7c6)c54)cccc32)cc1. The Morgan fingerprint density at radius 1 is 0.273 bits per heavy atom. The Labute approximate surface area is 317 Å². The van der Waals surface area contributed by atoms with Crippen molar-refractivity contribution in [1.82, 2.24) is 13.7 Å². The van der Waals surface area contributed by atoms with Gasteiger partial charge in [-0.2, -0.15) is 0 Å². The van der Waals surface area contributed by atoms with Crippen LogP contribution in [0.3, 0.4) is 0 Å². The van der Waals surface area contributed by atoms with Crippen molar-refractivity contribution in [1.29, 1.82) is 0 Å². The van der Waals surface area contributed by atoms with Gasteiger partial charge in [0, 0.05) is 49.3 Å². The van der Waals surface area contributed by atoms with Crippen LogP contribution < -0.4 is 0 Å². The van der Waals surface area contributed by atoms with E-state index in [2.05, 4.69) is 214 Å². The van der Waals surface area contributed by atoms with E-state index in [0.29, 0.717) is 0 Å². The minimum atomic E-state index is 1.16. The lowest BCUT2D eigenvalue weighted by Crippen LogP contribution is -1.98. The summed E-state index contributed by atoms with van der Waals surface area (Å²) in [5.74, 6) is 0. The molecule has 0 aliphatic carbocycles. The number of fused-ring (bicyclic) bond motifs is 11. The monoisotopic (exact) mass is 699 g/mol. The molecule has 55 heavy (non-hydrogen) atoms. The van der Waals surface area contributed by atoms with E-state index in [1.54, 1.807) is 0 Å². The molecule has 0 aliphatic heterocycles. The van der Waals surface area contributed by atoms with Crippen LogP contribution in [0.1, 0.15) is 0 Å². The Hall–Kier alpha value is -7.36. The third-order valence-electron chi connectivity index (χ3n) is 11.6. The fraction of sp³-hybridized carbons (Fsp3) is 0. The molecule has 3 nitrogen and oxygen atoms in total. The van der Waals surface area contributed by atoms with Crippen molar-refractivity contribution in [2.24, 2.45) is 0 Å². The molecule has 256 valence electrons. The smallest absolute Gasteiger partial charge is 0.0641 e. The topological polar surface area (TPSA) is 14.8 Å². The predicted molar refractivity (Wildman–Crippen MR) is 232 cm³/mol. The molecule has 0 spiro atoms. The molecule has 3 aromatic heterocycles. The number of aromatic nitrogens is 3. The summed E-state index contributed by atoms with van der Waals surface area (Å²) in [7, 11) is 0. The van der Waals surface area contributed by atoms with E-state index < -0.39 is 0 Å². The van der Waals surface area contributed by atoms with Crippen molar-refractivity contribution in [3.63, 3.8) is 0 Å². The molecule has 0 atom stereocenters. The molecule has 0 saturated carbocycles. The van der Waals surface area contributed by atoms with Crippen LogP contribution in [0.4, 0.5) is 0 Å². The average Bonchev–Trinajstić information content (AvgIpc) is 3.89. The Bertz CT molecular complexity index is 3490. The molecule has 12 rings (SSSR count). The zero-order chi connectivity index (χ0) is 36.0. The van der Waals surface area contributed by atoms with Gasteiger partial charge in [-0.05, 0) is 77.0 Å². The Morgan fingerprint density at radius 3 is 1.64 bits per heavy atom. The van der Waals surface area contributed by atoms with Crippen molar-refractivity contribution in [3.05, 3.63) is 200 Å². The van der Waals surface area contributed by atoms with Crippen LogP contribution in [0, 0.1) is 0 Å². The van der Waals surface area contributed by atoms with Gasteiger partial charge in [-0.15, -0.1) is 0 Å². The van der Waals surface area contributed by atoms with Crippen LogP contribution in [0.15, 0.2) is 200 Å². The van der Waals surface area contributed by atoms with Crippen molar-refractivity contribution >= 4 is 76.2 Å². The number of benzene rings is 9. The van der Waals surface area contributed by atoms with E-state index in [4.69, 9.17) is 0 Å². The van der Waals surface area contributed by atoms with Gasteiger partial charge in [-0.1, -0.05) is 140 Å². The van der Waals surface area contributed by atoms with E-state index in [1.807, 2.05) is 0 Å². The molecule has 0 fully saturated rings. The number of nitrogens with zero attached hydrogens (tertiary/aromatic N) is 3. The fourth-order valence-electron chi connectivity index (χ4n) is 9.35. The molecule has 0 amide bonds. The number of rotatable bonds is 4. The Balaban J connectivity index is 1.20. The molecule has 9 aromatic carbocycles. The van der Waals surface area contributed by atoms with E-state index in [-0.39, 0.29) is 0 Å². The van der Waals surface area contributed by atoms with E-state index in [9.17, 15) is 0 Å². The van der Waals surface area contributed by atoms with Gasteiger partial charge in [-0.25, -0.2) is 0 Å². The summed E-state index contributed by atoms with van der Waals surface area (Å²) in [6.07, 6.45) is 0. The first-order valence-electron chi connectivity index (χ1n) is 19.0. The molecule has 3 heteroatoms. The predicted octanol–water partition coefficient (Wildman–Crippen LogP) is 13.8. The fourth-order valence-corrected chi connectivity index (χ4v) is 9.35. The maximum atomic E-state index is 2.54. The second kappa shape index (κ2) is 11.6. The van der Waals surface area contributed by atoms with Crippen LogP contribution in [0.25, 0.3) is 104 Å². The summed E-state index contributed by atoms with van der Waals surface area (Å²) >= 11 is 0. The Morgan fingerprint density at radius 2 is 0.836 bits per heavy atom. The highest BCUT2D eigenvalue weighted by molar-refractivity contribution is 6.26. The standard InChI is InChI=1S/C52H33N3/c1-2-17-36(18-3-1)53-46-26-12-8-21-42(46)50-40(23-14-28-48(50)53)38-19-6-10-24-44(38)55-45-25-11-7-20-39(45)41-31-32-49-51(52(41)55)43-22-9-13-27-47(43)54(49)37-30-29-34-15-4-5-16-35(34)33-37/h1-33H. The molecular formula is C52H33N3. The number of hydrogen-bond acceptors (Lipinski definition) is 0. The van der Waals surface area contributed by atoms with Gasteiger partial charge in [0.1, 0.15) is 0 Å². The lowest BCUT2D eigenvalue weighted by atomic mass is 9.97. The molecular weight excluding hydrogens is 667 g/mol. The van der Waals surface area contributed by atoms with Crippen molar-refractivity contribution in [2.45, 2.75) is 0 Å². The van der Waals surface area contributed by atoms with E-state index in [0.717, 1.165) is 17.1 Å². The first-order chi connectivity index (χ1) is 27.3. The minimum Gasteiger partial charge on any atom is -0.309 e. The zero-order valence-corrected chi connectivity index (χ0v) is 29.9. The highest BCUT2D eigenvalue weighted by Gasteiger charge is 2.23. The van der Waals surface area contributed by atoms with Crippen LogP contribution in [-0.4, -0.2) is 13.7 Å². The molecule has 0 radical (unpaired) electrons. The van der Waals surface area contributed by atoms with Gasteiger partial charge in [0.15, 0.2) is 0 Å². The summed E-state index contributed by atoms with van der Waals surface area (Å²) in [5, 5.41) is 9.97. The third-order valence-corrected chi connectivity index (χ3v) is 11.6. The maximum absolute atomic E-state index is 2.54. The van der Waals surface area contributed by atoms with Gasteiger partial charge >= 0.3 is 0 Å². The van der Waals surface area contributed by atoms with Crippen molar-refractivity contribution in [3.8, 4) is 28.2 Å². The normalized spacial score (nSPS) is 12.0. The van der Waals surface area contributed by atoms with Crippen LogP contribution >= 0.6 is 0 Å². The largest absolute Gasteiger partial charge is 0.309 e. The van der Waals surface area contributed by atoms with Gasteiger partial charge in [0.05, 0.1) is 38.8 Å². The second-order valence-electron chi connectivity index (χ2n) is 14.5. The highest BCUT2D eigenvalue weighted by Crippen LogP contribution is 2.45. The third kappa shape index (κ3) is 4.26. The first-order valence-corrected chi connectivity index (χ1v) is 19.0. The highest BCUT2D eigenvalue weighted by atomic mass is 15.0. The maximum Gasteiger partial charge on any atom is 0.0641 e.